The smallest absolute Gasteiger partial charge is 0.211 e. The molecule has 1 rings (SSSR count). The maximum absolute atomic E-state index is 11.1. The Kier molecular flexibility index (Phi) is 3.72. The van der Waals surface area contributed by atoms with Gasteiger partial charge in [-0.1, -0.05) is 11.7 Å². The normalized spacial score (nSPS) is 22.8. The van der Waals surface area contributed by atoms with Gasteiger partial charge >= 0.3 is 0 Å². The Balaban J connectivity index is 2.47. The van der Waals surface area contributed by atoms with Crippen molar-refractivity contribution in [3.05, 3.63) is 0 Å². The summed E-state index contributed by atoms with van der Waals surface area (Å²) in [5.74, 6) is 0. The van der Waals surface area contributed by atoms with Gasteiger partial charge in [-0.2, -0.15) is 4.31 Å². The fourth-order valence-corrected chi connectivity index (χ4v) is 2.73. The quantitative estimate of drug-likeness (QED) is 0.412. The first-order valence-electron chi connectivity index (χ1n) is 3.55. The predicted molar refractivity (Wildman–Crippen MR) is 54.6 cm³/mol. The number of piperazine rings is 1. The highest BCUT2D eigenvalue weighted by atomic mass is 33.1. The zero-order valence-electron chi connectivity index (χ0n) is 6.80. The highest BCUT2D eigenvalue weighted by molar-refractivity contribution is 8.67. The van der Waals surface area contributed by atoms with Crippen LogP contribution in [0.1, 0.15) is 0 Å². The van der Waals surface area contributed by atoms with Gasteiger partial charge in [0, 0.05) is 26.2 Å². The van der Waals surface area contributed by atoms with Crippen LogP contribution in [-0.2, 0) is 10.0 Å². The minimum absolute atomic E-state index is 0.576. The summed E-state index contributed by atoms with van der Waals surface area (Å²) in [5.41, 5.74) is 0. The highest BCUT2D eigenvalue weighted by Gasteiger charge is 2.22. The Hall–Kier alpha value is 0.570. The number of nitrogens with zero attached hydrogens (tertiary/aromatic N) is 2. The molecule has 1 saturated heterocycles. The van der Waals surface area contributed by atoms with Crippen molar-refractivity contribution in [3.8, 4) is 0 Å². The standard InChI is InChI=1S/C5H12N2O2S3/c1-12(8,9)7-4-2-6(11-10)3-5-7/h10H,2-5H2,1H3. The summed E-state index contributed by atoms with van der Waals surface area (Å²) in [5, 5.41) is 0. The molecule has 0 N–H and O–H groups in total. The van der Waals surface area contributed by atoms with Crippen molar-refractivity contribution in [1.82, 2.24) is 8.61 Å². The van der Waals surface area contributed by atoms with Gasteiger partial charge in [-0.25, -0.2) is 12.7 Å². The van der Waals surface area contributed by atoms with Crippen molar-refractivity contribution in [1.29, 1.82) is 0 Å². The summed E-state index contributed by atoms with van der Waals surface area (Å²) in [6, 6.07) is 0. The summed E-state index contributed by atoms with van der Waals surface area (Å²) in [4.78, 5) is 0. The van der Waals surface area contributed by atoms with Crippen LogP contribution in [0.4, 0.5) is 0 Å². The molecule has 0 atom stereocenters. The molecule has 12 heavy (non-hydrogen) atoms. The summed E-state index contributed by atoms with van der Waals surface area (Å²) >= 11 is 4.04. The SMILES string of the molecule is CS(=O)(=O)N1CCN(SS)CC1. The number of sulfonamides is 1. The largest absolute Gasteiger partial charge is 0.239 e. The van der Waals surface area contributed by atoms with Crippen LogP contribution in [0.3, 0.4) is 0 Å². The van der Waals surface area contributed by atoms with Crippen LogP contribution in [-0.4, -0.2) is 49.5 Å². The van der Waals surface area contributed by atoms with E-state index in [-0.39, 0.29) is 0 Å². The Morgan fingerprint density at radius 2 is 1.75 bits per heavy atom. The highest BCUT2D eigenvalue weighted by Crippen LogP contribution is 2.17. The average molecular weight is 228 g/mol. The molecule has 0 radical (unpaired) electrons. The molecule has 0 aromatic heterocycles. The second-order valence-electron chi connectivity index (χ2n) is 2.67. The van der Waals surface area contributed by atoms with Crippen LogP contribution < -0.4 is 0 Å². The van der Waals surface area contributed by atoms with E-state index in [0.717, 1.165) is 13.1 Å². The molecule has 0 bridgehead atoms. The van der Waals surface area contributed by atoms with E-state index in [0.29, 0.717) is 13.1 Å². The molecule has 4 nitrogen and oxygen atoms in total. The first kappa shape index (κ1) is 10.6. The van der Waals surface area contributed by atoms with Gasteiger partial charge in [-0.15, -0.1) is 0 Å². The molecule has 1 aliphatic rings. The van der Waals surface area contributed by atoms with Crippen molar-refractivity contribution in [2.24, 2.45) is 0 Å². The molecule has 0 spiro atoms. The Labute approximate surface area is 82.3 Å². The van der Waals surface area contributed by atoms with Gasteiger partial charge in [0.25, 0.3) is 0 Å². The Morgan fingerprint density at radius 3 is 2.08 bits per heavy atom. The molecule has 0 unspecified atom stereocenters. The third-order valence-corrected chi connectivity index (χ3v) is 4.37. The zero-order chi connectivity index (χ0) is 9.19. The predicted octanol–water partition coefficient (Wildman–Crippen LogP) is 0.0566. The van der Waals surface area contributed by atoms with Crippen molar-refractivity contribution in [2.45, 2.75) is 0 Å². The van der Waals surface area contributed by atoms with E-state index in [1.165, 1.54) is 21.5 Å². The molecule has 1 heterocycles. The maximum atomic E-state index is 11.1. The molecule has 0 amide bonds. The van der Waals surface area contributed by atoms with Crippen molar-refractivity contribution in [2.75, 3.05) is 32.4 Å². The van der Waals surface area contributed by atoms with E-state index < -0.39 is 10.0 Å². The van der Waals surface area contributed by atoms with Crippen LogP contribution in [0.5, 0.6) is 0 Å². The number of thiol groups is 1. The van der Waals surface area contributed by atoms with Gasteiger partial charge < -0.3 is 0 Å². The molecular weight excluding hydrogens is 216 g/mol. The molecule has 1 aliphatic heterocycles. The van der Waals surface area contributed by atoms with Gasteiger partial charge in [0.05, 0.1) is 6.26 Å². The van der Waals surface area contributed by atoms with Crippen LogP contribution >= 0.6 is 22.6 Å². The minimum Gasteiger partial charge on any atom is -0.239 e. The van der Waals surface area contributed by atoms with Crippen LogP contribution in [0.25, 0.3) is 0 Å². The van der Waals surface area contributed by atoms with Gasteiger partial charge in [-0.05, 0) is 11.0 Å². The van der Waals surface area contributed by atoms with Crippen molar-refractivity contribution in [3.63, 3.8) is 0 Å². The lowest BCUT2D eigenvalue weighted by molar-refractivity contribution is 0.292. The average Bonchev–Trinajstić information content (AvgIpc) is 2.03. The van der Waals surface area contributed by atoms with Gasteiger partial charge in [-0.3, -0.25) is 0 Å². The van der Waals surface area contributed by atoms with E-state index in [1.54, 1.807) is 0 Å². The van der Waals surface area contributed by atoms with Gasteiger partial charge in [0.1, 0.15) is 0 Å². The third kappa shape index (κ3) is 2.81. The fourth-order valence-electron chi connectivity index (χ4n) is 1.08. The fraction of sp³-hybridized carbons (Fsp3) is 1.00. The molecular formula is C5H12N2O2S3. The summed E-state index contributed by atoms with van der Waals surface area (Å²) in [6.07, 6.45) is 1.25. The maximum Gasteiger partial charge on any atom is 0.211 e. The zero-order valence-corrected chi connectivity index (χ0v) is 9.33. The molecule has 0 aromatic rings. The van der Waals surface area contributed by atoms with E-state index in [2.05, 4.69) is 11.7 Å². The van der Waals surface area contributed by atoms with Gasteiger partial charge in [0.15, 0.2) is 0 Å². The molecule has 0 aliphatic carbocycles. The second kappa shape index (κ2) is 4.19. The lowest BCUT2D eigenvalue weighted by Gasteiger charge is -2.30. The number of hydrogen-bond donors (Lipinski definition) is 1. The van der Waals surface area contributed by atoms with Crippen molar-refractivity contribution >= 4 is 32.7 Å². The topological polar surface area (TPSA) is 40.6 Å². The minimum atomic E-state index is -2.99. The van der Waals surface area contributed by atoms with E-state index in [1.807, 2.05) is 4.31 Å². The second-order valence-corrected chi connectivity index (χ2v) is 5.82. The van der Waals surface area contributed by atoms with Gasteiger partial charge in [0.2, 0.25) is 10.0 Å². The first-order chi connectivity index (χ1) is 5.54. The Morgan fingerprint density at radius 1 is 1.25 bits per heavy atom. The van der Waals surface area contributed by atoms with E-state index in [4.69, 9.17) is 0 Å². The van der Waals surface area contributed by atoms with Crippen molar-refractivity contribution < 1.29 is 8.42 Å². The lowest BCUT2D eigenvalue weighted by Crippen LogP contribution is -2.45. The Bertz CT molecular complexity index is 233. The number of rotatable bonds is 2. The monoisotopic (exact) mass is 228 g/mol. The van der Waals surface area contributed by atoms with Crippen LogP contribution in [0.15, 0.2) is 0 Å². The first-order valence-corrected chi connectivity index (χ1v) is 7.23. The van der Waals surface area contributed by atoms with E-state index >= 15 is 0 Å². The third-order valence-electron chi connectivity index (χ3n) is 1.78. The summed E-state index contributed by atoms with van der Waals surface area (Å²) in [7, 11) is -1.62. The molecule has 0 aromatic carbocycles. The summed E-state index contributed by atoms with van der Waals surface area (Å²) < 4.78 is 25.7. The van der Waals surface area contributed by atoms with E-state index in [9.17, 15) is 8.42 Å². The molecule has 1 fully saturated rings. The van der Waals surface area contributed by atoms with Crippen LogP contribution in [0.2, 0.25) is 0 Å². The summed E-state index contributed by atoms with van der Waals surface area (Å²) in [6.45, 7) is 2.65. The van der Waals surface area contributed by atoms with Crippen LogP contribution in [0, 0.1) is 0 Å². The molecule has 72 valence electrons. The lowest BCUT2D eigenvalue weighted by atomic mass is 10.4. The number of hydrogen-bond acceptors (Lipinski definition) is 5. The molecule has 7 heteroatoms. The molecule has 0 saturated carbocycles.